The topological polar surface area (TPSA) is 67.9 Å². The molecule has 1 aromatic heterocycles. The van der Waals surface area contributed by atoms with Gasteiger partial charge in [-0.1, -0.05) is 12.1 Å². The van der Waals surface area contributed by atoms with Crippen LogP contribution in [0, 0.1) is 0 Å². The molecular weight excluding hydrogens is 352 g/mol. The molecule has 138 valence electrons. The molecule has 1 N–H and O–H groups in total. The smallest absolute Gasteiger partial charge is 0.261 e. The molecule has 0 spiro atoms. The largest absolute Gasteiger partial charge is 0.493 e. The summed E-state index contributed by atoms with van der Waals surface area (Å²) < 4.78 is 10.6. The minimum Gasteiger partial charge on any atom is -0.493 e. The van der Waals surface area contributed by atoms with Crippen molar-refractivity contribution in [2.24, 2.45) is 0 Å². The lowest BCUT2D eigenvalue weighted by Gasteiger charge is -2.26. The van der Waals surface area contributed by atoms with Gasteiger partial charge in [-0.25, -0.2) is 0 Å². The lowest BCUT2D eigenvalue weighted by molar-refractivity contribution is -0.131. The van der Waals surface area contributed by atoms with Crippen LogP contribution in [-0.2, 0) is 4.79 Å². The van der Waals surface area contributed by atoms with E-state index in [1.165, 1.54) is 11.3 Å². The molecule has 0 radical (unpaired) electrons. The molecule has 1 fully saturated rings. The van der Waals surface area contributed by atoms with E-state index in [0.29, 0.717) is 22.9 Å². The van der Waals surface area contributed by atoms with Gasteiger partial charge in [-0.3, -0.25) is 9.59 Å². The third-order valence-electron chi connectivity index (χ3n) is 4.51. The Labute approximate surface area is 156 Å². The predicted octanol–water partition coefficient (Wildman–Crippen LogP) is 2.86. The first-order chi connectivity index (χ1) is 12.6. The van der Waals surface area contributed by atoms with Gasteiger partial charge in [0.1, 0.15) is 0 Å². The first-order valence-electron chi connectivity index (χ1n) is 8.47. The van der Waals surface area contributed by atoms with Gasteiger partial charge in [-0.2, -0.15) is 0 Å². The van der Waals surface area contributed by atoms with Gasteiger partial charge in [0.15, 0.2) is 11.5 Å². The number of nitrogens with zero attached hydrogens (tertiary/aromatic N) is 1. The maximum Gasteiger partial charge on any atom is 0.261 e. The van der Waals surface area contributed by atoms with E-state index in [0.717, 1.165) is 18.4 Å². The summed E-state index contributed by atoms with van der Waals surface area (Å²) in [7, 11) is 3.19. The zero-order chi connectivity index (χ0) is 18.5. The van der Waals surface area contributed by atoms with Gasteiger partial charge in [0.05, 0.1) is 31.7 Å². The summed E-state index contributed by atoms with van der Waals surface area (Å²) in [6.07, 6.45) is 1.82. The molecule has 1 aliphatic heterocycles. The molecule has 2 aromatic rings. The number of methoxy groups -OCH3 is 2. The zero-order valence-electron chi connectivity index (χ0n) is 14.9. The van der Waals surface area contributed by atoms with Crippen molar-refractivity contribution >= 4 is 23.2 Å². The van der Waals surface area contributed by atoms with Crippen LogP contribution in [0.5, 0.6) is 11.5 Å². The van der Waals surface area contributed by atoms with Crippen LogP contribution in [-0.4, -0.2) is 44.0 Å². The summed E-state index contributed by atoms with van der Waals surface area (Å²) in [5, 5.41) is 4.55. The Kier molecular flexibility index (Phi) is 5.78. The molecule has 0 aliphatic carbocycles. The van der Waals surface area contributed by atoms with Gasteiger partial charge in [-0.15, -0.1) is 11.3 Å². The molecule has 1 saturated heterocycles. The van der Waals surface area contributed by atoms with E-state index in [1.807, 2.05) is 34.5 Å². The Morgan fingerprint density at radius 1 is 1.23 bits per heavy atom. The summed E-state index contributed by atoms with van der Waals surface area (Å²) >= 11 is 1.36. The van der Waals surface area contributed by atoms with Crippen molar-refractivity contribution in [1.82, 2.24) is 10.2 Å². The van der Waals surface area contributed by atoms with Crippen molar-refractivity contribution in [2.45, 2.75) is 18.9 Å². The normalized spacial score (nSPS) is 16.4. The third-order valence-corrected chi connectivity index (χ3v) is 5.38. The van der Waals surface area contributed by atoms with Crippen LogP contribution in [0.15, 0.2) is 35.7 Å². The molecule has 1 aromatic carbocycles. The predicted molar refractivity (Wildman–Crippen MR) is 99.9 cm³/mol. The molecule has 0 saturated carbocycles. The number of carbonyl (C=O) groups is 2. The highest BCUT2D eigenvalue weighted by Crippen LogP contribution is 2.36. The number of amides is 2. The average molecular weight is 374 g/mol. The van der Waals surface area contributed by atoms with Crippen LogP contribution in [0.2, 0.25) is 0 Å². The van der Waals surface area contributed by atoms with Crippen molar-refractivity contribution in [2.75, 3.05) is 27.3 Å². The number of ether oxygens (including phenoxy) is 2. The Balaban J connectivity index is 1.67. The molecule has 2 amide bonds. The van der Waals surface area contributed by atoms with Gasteiger partial charge in [0.25, 0.3) is 5.91 Å². The van der Waals surface area contributed by atoms with E-state index in [1.54, 1.807) is 20.3 Å². The average Bonchev–Trinajstić information content (AvgIpc) is 3.37. The number of thiophene rings is 1. The highest BCUT2D eigenvalue weighted by molar-refractivity contribution is 7.12. The standard InChI is InChI=1S/C19H22N2O4S/c1-24-15-8-7-13(11-16(15)25-2)14-5-3-9-21(14)18(22)12-20-19(23)17-6-4-10-26-17/h4,6-8,10-11,14H,3,5,9,12H2,1-2H3,(H,20,23). The van der Waals surface area contributed by atoms with Crippen LogP contribution in [0.1, 0.15) is 34.1 Å². The highest BCUT2D eigenvalue weighted by Gasteiger charge is 2.30. The maximum atomic E-state index is 12.6. The van der Waals surface area contributed by atoms with Crippen LogP contribution in [0.4, 0.5) is 0 Å². The summed E-state index contributed by atoms with van der Waals surface area (Å²) in [6, 6.07) is 9.28. The number of nitrogens with one attached hydrogen (secondary N) is 1. The van der Waals surface area contributed by atoms with Crippen molar-refractivity contribution in [3.8, 4) is 11.5 Å². The van der Waals surface area contributed by atoms with Gasteiger partial charge in [-0.05, 0) is 42.0 Å². The van der Waals surface area contributed by atoms with Crippen LogP contribution in [0.3, 0.4) is 0 Å². The summed E-state index contributed by atoms with van der Waals surface area (Å²) in [5.74, 6) is 1.02. The van der Waals surface area contributed by atoms with E-state index >= 15 is 0 Å². The number of likely N-dealkylation sites (tertiary alicyclic amines) is 1. The van der Waals surface area contributed by atoms with Crippen molar-refractivity contribution in [1.29, 1.82) is 0 Å². The molecule has 7 heteroatoms. The molecule has 3 rings (SSSR count). The lowest BCUT2D eigenvalue weighted by Crippen LogP contribution is -2.39. The number of benzene rings is 1. The molecule has 26 heavy (non-hydrogen) atoms. The molecule has 1 aliphatic rings. The Bertz CT molecular complexity index is 776. The van der Waals surface area contributed by atoms with Gasteiger partial charge in [0.2, 0.25) is 5.91 Å². The minimum absolute atomic E-state index is 0.000519. The van der Waals surface area contributed by atoms with Gasteiger partial charge < -0.3 is 19.7 Å². The number of hydrogen-bond acceptors (Lipinski definition) is 5. The van der Waals surface area contributed by atoms with E-state index in [2.05, 4.69) is 5.32 Å². The third kappa shape index (κ3) is 3.83. The SMILES string of the molecule is COc1ccc(C2CCCN2C(=O)CNC(=O)c2cccs2)cc1OC. The van der Waals surface area contributed by atoms with Gasteiger partial charge >= 0.3 is 0 Å². The van der Waals surface area contributed by atoms with E-state index in [4.69, 9.17) is 9.47 Å². The highest BCUT2D eigenvalue weighted by atomic mass is 32.1. The second-order valence-electron chi connectivity index (χ2n) is 6.02. The zero-order valence-corrected chi connectivity index (χ0v) is 15.7. The van der Waals surface area contributed by atoms with Crippen LogP contribution in [0.25, 0.3) is 0 Å². The number of carbonyl (C=O) groups excluding carboxylic acids is 2. The van der Waals surface area contributed by atoms with Crippen molar-refractivity contribution in [3.63, 3.8) is 0 Å². The molecule has 1 unspecified atom stereocenters. The number of rotatable bonds is 6. The second-order valence-corrected chi connectivity index (χ2v) is 6.97. The van der Waals surface area contributed by atoms with Gasteiger partial charge in [0, 0.05) is 6.54 Å². The fraction of sp³-hybridized carbons (Fsp3) is 0.368. The fourth-order valence-electron chi connectivity index (χ4n) is 3.22. The van der Waals surface area contributed by atoms with Crippen molar-refractivity contribution < 1.29 is 19.1 Å². The maximum absolute atomic E-state index is 12.6. The van der Waals surface area contributed by atoms with E-state index in [9.17, 15) is 9.59 Å². The van der Waals surface area contributed by atoms with E-state index in [-0.39, 0.29) is 24.4 Å². The molecular formula is C19H22N2O4S. The van der Waals surface area contributed by atoms with Crippen LogP contribution < -0.4 is 14.8 Å². The fourth-order valence-corrected chi connectivity index (χ4v) is 3.86. The molecule has 0 bridgehead atoms. The monoisotopic (exact) mass is 374 g/mol. The Morgan fingerprint density at radius 2 is 2.04 bits per heavy atom. The molecule has 1 atom stereocenters. The summed E-state index contributed by atoms with van der Waals surface area (Å²) in [4.78, 5) is 27.1. The van der Waals surface area contributed by atoms with Crippen LogP contribution >= 0.6 is 11.3 Å². The Hall–Kier alpha value is -2.54. The summed E-state index contributed by atoms with van der Waals surface area (Å²) in [6.45, 7) is 0.688. The van der Waals surface area contributed by atoms with Crippen molar-refractivity contribution in [3.05, 3.63) is 46.2 Å². The molecule has 2 heterocycles. The second kappa shape index (κ2) is 8.23. The number of hydrogen-bond donors (Lipinski definition) is 1. The first kappa shape index (κ1) is 18.3. The van der Waals surface area contributed by atoms with E-state index < -0.39 is 0 Å². The first-order valence-corrected chi connectivity index (χ1v) is 9.35. The molecule has 6 nitrogen and oxygen atoms in total. The Morgan fingerprint density at radius 3 is 2.73 bits per heavy atom. The minimum atomic E-state index is -0.213. The summed E-state index contributed by atoms with van der Waals surface area (Å²) in [5.41, 5.74) is 1.01. The quantitative estimate of drug-likeness (QED) is 0.844. The lowest BCUT2D eigenvalue weighted by atomic mass is 10.0.